The molecule has 180 valence electrons. The topological polar surface area (TPSA) is 0 Å². The zero-order chi connectivity index (χ0) is 23.5. The van der Waals surface area contributed by atoms with Gasteiger partial charge in [0, 0.05) is 19.2 Å². The van der Waals surface area contributed by atoms with Crippen molar-refractivity contribution in [1.29, 1.82) is 0 Å². The minimum absolute atomic E-state index is 0.646. The van der Waals surface area contributed by atoms with E-state index in [0.717, 1.165) is 23.7 Å². The van der Waals surface area contributed by atoms with E-state index in [9.17, 15) is 0 Å². The van der Waals surface area contributed by atoms with Crippen molar-refractivity contribution < 1.29 is 0 Å². The lowest BCUT2D eigenvalue weighted by atomic mass is 9.74. The highest BCUT2D eigenvalue weighted by Crippen LogP contribution is 2.60. The maximum absolute atomic E-state index is 2.38. The van der Waals surface area contributed by atoms with Gasteiger partial charge in [0.25, 0.3) is 0 Å². The summed E-state index contributed by atoms with van der Waals surface area (Å²) < 4.78 is 5.04. The van der Waals surface area contributed by atoms with Crippen molar-refractivity contribution in [2.75, 3.05) is 0 Å². The van der Waals surface area contributed by atoms with Crippen LogP contribution in [0, 0.1) is 11.8 Å². The number of rotatable bonds is 0. The summed E-state index contributed by atoms with van der Waals surface area (Å²) in [4.78, 5) is 3.87. The summed E-state index contributed by atoms with van der Waals surface area (Å²) in [6.07, 6.45) is 24.2. The Hall–Kier alpha value is 1.79. The first-order chi connectivity index (χ1) is 16.4. The molecule has 2 heterocycles. The summed E-state index contributed by atoms with van der Waals surface area (Å²) in [5.74, 6) is 3.86. The highest BCUT2D eigenvalue weighted by atomic mass is 32.1. The molecule has 4 aliphatic carbocycles. The monoisotopic (exact) mass is 552 g/mol. The molecule has 0 N–H and O–H groups in total. The fourth-order valence-corrected chi connectivity index (χ4v) is 18.2. The van der Waals surface area contributed by atoms with Crippen LogP contribution in [0.2, 0.25) is 0 Å². The van der Waals surface area contributed by atoms with Gasteiger partial charge in [-0.15, -0.1) is 22.7 Å². The van der Waals surface area contributed by atoms with Crippen molar-refractivity contribution in [3.8, 4) is 0 Å². The Morgan fingerprint density at radius 1 is 0.500 bits per heavy atom. The van der Waals surface area contributed by atoms with Crippen LogP contribution in [0.25, 0.3) is 9.40 Å². The second kappa shape index (κ2) is 10.4. The van der Waals surface area contributed by atoms with Gasteiger partial charge in [-0.1, -0.05) is 95.2 Å². The minimum Gasteiger partial charge on any atom is -0.139 e. The summed E-state index contributed by atoms with van der Waals surface area (Å²) in [7, 11) is 0. The maximum atomic E-state index is 2.38. The third kappa shape index (κ3) is 4.51. The predicted molar refractivity (Wildman–Crippen MR) is 164 cm³/mol. The summed E-state index contributed by atoms with van der Waals surface area (Å²) in [5, 5.41) is 0. The smallest absolute Gasteiger partial charge is 0.139 e. The van der Waals surface area contributed by atoms with E-state index in [1.54, 1.807) is 25.7 Å². The van der Waals surface area contributed by atoms with Crippen LogP contribution >= 0.6 is 22.7 Å². The Bertz CT molecular complexity index is 953. The van der Waals surface area contributed by atoms with E-state index in [2.05, 4.69) is 22.7 Å². The van der Waals surface area contributed by atoms with Crippen molar-refractivity contribution in [1.82, 2.24) is 0 Å². The van der Waals surface area contributed by atoms with Gasteiger partial charge in [-0.25, -0.2) is 0 Å². The molecule has 0 aromatic carbocycles. The first kappa shape index (κ1) is 26.0. The van der Waals surface area contributed by atoms with Gasteiger partial charge in [0.2, 0.25) is 65.2 Å². The second-order valence-electron chi connectivity index (χ2n) is 13.7. The van der Waals surface area contributed by atoms with Crippen LogP contribution in [0.5, 0.6) is 0 Å². The fourth-order valence-electron chi connectivity index (χ4n) is 8.74. The SMILES string of the molecule is [AlH2][C]1([AlH2])c2c(sc3c4c(sc23)C2CCCCCCCC(C2)[C]4([AlH2])[AlH2])C2CCCCCCCC1C2. The highest BCUT2D eigenvalue weighted by molar-refractivity contribution is 7.28. The Morgan fingerprint density at radius 2 is 0.853 bits per heavy atom. The average molecular weight is 553 g/mol. The molecule has 6 rings (SSSR count). The lowest BCUT2D eigenvalue weighted by Crippen LogP contribution is -2.41. The second-order valence-corrected chi connectivity index (χ2v) is 28.1. The van der Waals surface area contributed by atoms with Gasteiger partial charge in [0.05, 0.1) is 0 Å². The van der Waals surface area contributed by atoms with Gasteiger partial charge in [-0.2, -0.15) is 0 Å². The van der Waals surface area contributed by atoms with E-state index in [1.807, 2.05) is 30.3 Å². The molecule has 4 aliphatic rings. The first-order valence-electron chi connectivity index (χ1n) is 15.0. The van der Waals surface area contributed by atoms with E-state index in [4.69, 9.17) is 0 Å². The van der Waals surface area contributed by atoms with Crippen LogP contribution in [0.1, 0.15) is 135 Å². The molecule has 2 fully saturated rings. The largest absolute Gasteiger partial charge is 0.208 e. The standard InChI is InChI=1S/C28H36S2.4Al.8H/c1-3-7-11-19-15-21(13-9-5-1)25-23(17-19)27-28(29-25)24-18-20-12-8-4-2-6-10-14-22(16-20)26(24)30-27;;;;;;;;;;;;/h19-22H,1-16H2;;;;;;;;;;;;. The predicted octanol–water partition coefficient (Wildman–Crippen LogP) is 5.50. The lowest BCUT2D eigenvalue weighted by Gasteiger charge is -2.44. The third-order valence-electron chi connectivity index (χ3n) is 11.0. The van der Waals surface area contributed by atoms with Gasteiger partial charge < -0.3 is 0 Å². The molecular formula is C28H44Al4S2. The molecule has 4 unspecified atom stereocenters. The summed E-state index contributed by atoms with van der Waals surface area (Å²) >= 11 is 10.3. The highest BCUT2D eigenvalue weighted by Gasteiger charge is 2.47. The van der Waals surface area contributed by atoms with Crippen LogP contribution in [-0.4, -0.2) is 65.2 Å². The van der Waals surface area contributed by atoms with Crippen molar-refractivity contribution >= 4 is 97.2 Å². The van der Waals surface area contributed by atoms with Crippen molar-refractivity contribution in [3.63, 3.8) is 0 Å². The van der Waals surface area contributed by atoms with E-state index >= 15 is 0 Å². The number of thiophene rings is 2. The molecule has 0 spiro atoms. The molecule has 0 saturated heterocycles. The Labute approximate surface area is 248 Å². The lowest BCUT2D eigenvalue weighted by molar-refractivity contribution is 0.314. The summed E-state index contributed by atoms with van der Waals surface area (Å²) in [6.45, 7) is 0. The minimum atomic E-state index is 0.646. The zero-order valence-electron chi connectivity index (χ0n) is 22.4. The van der Waals surface area contributed by atoms with Crippen LogP contribution in [0.15, 0.2) is 0 Å². The first-order valence-corrected chi connectivity index (χ1v) is 20.6. The van der Waals surface area contributed by atoms with Gasteiger partial charge in [0.1, 0.15) is 0 Å². The van der Waals surface area contributed by atoms with Crippen LogP contribution < -0.4 is 0 Å². The van der Waals surface area contributed by atoms with Crippen LogP contribution in [0.3, 0.4) is 0 Å². The number of hydrogen-bond donors (Lipinski definition) is 0. The molecule has 6 heteroatoms. The van der Waals surface area contributed by atoms with Gasteiger partial charge in [-0.3, -0.25) is 0 Å². The molecular weight excluding hydrogens is 508 g/mol. The number of fused-ring (bicyclic) bond motifs is 11. The molecule has 0 radical (unpaired) electrons. The van der Waals surface area contributed by atoms with Gasteiger partial charge in [-0.05, 0) is 48.6 Å². The normalized spacial score (nSPS) is 33.5. The summed E-state index contributed by atoms with van der Waals surface area (Å²) in [6, 6.07) is 0. The van der Waals surface area contributed by atoms with E-state index in [0.29, 0.717) is 6.28 Å². The fraction of sp³-hybridized carbons (Fsp3) is 0.786. The Kier molecular flexibility index (Phi) is 7.97. The molecule has 2 aromatic heterocycles. The quantitative estimate of drug-likeness (QED) is 0.379. The molecule has 4 atom stereocenters. The Balaban J connectivity index is 1.51. The Morgan fingerprint density at radius 3 is 1.26 bits per heavy atom. The molecule has 4 bridgehead atoms. The zero-order valence-corrected chi connectivity index (χ0v) is 32.1. The van der Waals surface area contributed by atoms with E-state index < -0.39 is 0 Å². The molecule has 34 heavy (non-hydrogen) atoms. The summed E-state index contributed by atoms with van der Waals surface area (Å²) in [5.41, 5.74) is 3.98. The van der Waals surface area contributed by atoms with Crippen LogP contribution in [-0.2, 0) is 6.28 Å². The maximum Gasteiger partial charge on any atom is 0.208 e. The van der Waals surface area contributed by atoms with Crippen molar-refractivity contribution in [2.24, 2.45) is 11.8 Å². The molecule has 0 amide bonds. The molecule has 0 nitrogen and oxygen atoms in total. The van der Waals surface area contributed by atoms with Crippen molar-refractivity contribution in [2.45, 2.75) is 121 Å². The molecule has 2 saturated carbocycles. The molecule has 2 aromatic rings. The van der Waals surface area contributed by atoms with Gasteiger partial charge in [0.15, 0.2) is 0 Å². The number of hydrogen-bond acceptors (Lipinski definition) is 2. The average Bonchev–Trinajstić information content (AvgIpc) is 3.35. The van der Waals surface area contributed by atoms with E-state index in [-0.39, 0.29) is 0 Å². The van der Waals surface area contributed by atoms with Crippen LogP contribution in [0.4, 0.5) is 0 Å². The third-order valence-corrected chi connectivity index (χ3v) is 19.1. The van der Waals surface area contributed by atoms with Gasteiger partial charge >= 0.3 is 0 Å². The van der Waals surface area contributed by atoms with Crippen molar-refractivity contribution in [3.05, 3.63) is 20.9 Å². The van der Waals surface area contributed by atoms with E-state index in [1.165, 1.54) is 142 Å². The molecule has 0 aliphatic heterocycles.